The standard InChI is InChI=1S/C30H29ClFN2O3.BrH/c31-26-17-24(11-12-27(26)32)36-28-20-34(15-13-21(28)14-16-34)19-25-18-33-29(37-25)30(35,22-7-3-1-4-8-22)23-9-5-2-6-10-23;/h1-12,17-18,21,28,35H,13-16,19-20H2;1H/q+1;/p-1/t21?,28-,34?;/m0./s1. The third-order valence-corrected chi connectivity index (χ3v) is 8.25. The summed E-state index contributed by atoms with van der Waals surface area (Å²) in [5.74, 6) is 1.62. The van der Waals surface area contributed by atoms with E-state index in [0.717, 1.165) is 42.7 Å². The number of nitrogens with zero attached hydrogens (tertiary/aromatic N) is 2. The van der Waals surface area contributed by atoms with Gasteiger partial charge in [0, 0.05) is 24.8 Å². The van der Waals surface area contributed by atoms with Gasteiger partial charge in [0.25, 0.3) is 0 Å². The number of benzene rings is 3. The lowest BCUT2D eigenvalue weighted by Gasteiger charge is -2.51. The van der Waals surface area contributed by atoms with Crippen LogP contribution in [0.3, 0.4) is 0 Å². The number of quaternary nitrogens is 1. The molecule has 4 heterocycles. The molecule has 0 spiro atoms. The average Bonchev–Trinajstić information content (AvgIpc) is 3.40. The normalized spacial score (nSPS) is 22.6. The molecule has 2 bridgehead atoms. The molecule has 0 amide bonds. The quantitative estimate of drug-likeness (QED) is 0.332. The number of piperidine rings is 3. The lowest BCUT2D eigenvalue weighted by molar-refractivity contribution is -0.958. The Morgan fingerprint density at radius 3 is 2.24 bits per heavy atom. The molecule has 3 fully saturated rings. The SMILES string of the molecule is OC(c1ccccc1)(c1ccccc1)c1ncc(C[N+]23CCC(CC2)[C@@H](Oc2ccc(F)c(Cl)c2)C3)o1.[Br-]. The smallest absolute Gasteiger partial charge is 0.236 e. The minimum absolute atomic E-state index is 0. The number of hydrogen-bond acceptors (Lipinski definition) is 4. The van der Waals surface area contributed by atoms with Crippen molar-refractivity contribution in [3.05, 3.63) is 119 Å². The molecule has 3 saturated heterocycles. The number of halogens is 3. The summed E-state index contributed by atoms with van der Waals surface area (Å²) in [5.41, 5.74) is -0.0953. The van der Waals surface area contributed by atoms with E-state index in [0.29, 0.717) is 29.3 Å². The van der Waals surface area contributed by atoms with E-state index in [1.807, 2.05) is 60.7 Å². The van der Waals surface area contributed by atoms with E-state index in [2.05, 4.69) is 4.98 Å². The van der Waals surface area contributed by atoms with Gasteiger partial charge in [-0.05, 0) is 23.3 Å². The van der Waals surface area contributed by atoms with Gasteiger partial charge in [0.05, 0.1) is 24.3 Å². The van der Waals surface area contributed by atoms with Crippen LogP contribution in [0.25, 0.3) is 0 Å². The van der Waals surface area contributed by atoms with Crippen LogP contribution in [0, 0.1) is 11.7 Å². The van der Waals surface area contributed by atoms with Crippen LogP contribution in [0.4, 0.5) is 4.39 Å². The van der Waals surface area contributed by atoms with Gasteiger partial charge < -0.3 is 35.7 Å². The minimum atomic E-state index is -1.50. The third kappa shape index (κ3) is 5.00. The maximum atomic E-state index is 13.6. The molecule has 1 N–H and O–H groups in total. The minimum Gasteiger partial charge on any atom is -1.00 e. The van der Waals surface area contributed by atoms with Crippen LogP contribution in [-0.2, 0) is 12.1 Å². The van der Waals surface area contributed by atoms with Gasteiger partial charge >= 0.3 is 0 Å². The van der Waals surface area contributed by atoms with E-state index in [4.69, 9.17) is 20.8 Å². The van der Waals surface area contributed by atoms with Gasteiger partial charge in [-0.25, -0.2) is 9.37 Å². The third-order valence-electron chi connectivity index (χ3n) is 7.96. The summed E-state index contributed by atoms with van der Waals surface area (Å²) in [6.07, 6.45) is 3.88. The van der Waals surface area contributed by atoms with Crippen LogP contribution in [0.2, 0.25) is 5.02 Å². The molecule has 1 aromatic heterocycles. The largest absolute Gasteiger partial charge is 1.00 e. The van der Waals surface area contributed by atoms with Crippen LogP contribution in [0.1, 0.15) is 35.6 Å². The fourth-order valence-corrected chi connectivity index (χ4v) is 6.12. The Morgan fingerprint density at radius 1 is 1.00 bits per heavy atom. The molecule has 1 atom stereocenters. The van der Waals surface area contributed by atoms with Gasteiger partial charge in [-0.15, -0.1) is 0 Å². The van der Waals surface area contributed by atoms with Gasteiger partial charge in [0.1, 0.15) is 24.7 Å². The van der Waals surface area contributed by atoms with Crippen molar-refractivity contribution in [2.75, 3.05) is 19.6 Å². The molecule has 5 nitrogen and oxygen atoms in total. The summed E-state index contributed by atoms with van der Waals surface area (Å²) < 4.78 is 27.1. The van der Waals surface area contributed by atoms with Crippen molar-refractivity contribution in [2.45, 2.75) is 31.1 Å². The predicted octanol–water partition coefficient (Wildman–Crippen LogP) is 2.94. The Hall–Kier alpha value is -2.71. The Bertz CT molecular complexity index is 1340. The van der Waals surface area contributed by atoms with Gasteiger partial charge in [0.2, 0.25) is 5.89 Å². The second kappa shape index (κ2) is 10.8. The van der Waals surface area contributed by atoms with Crippen molar-refractivity contribution >= 4 is 11.6 Å². The fourth-order valence-electron chi connectivity index (χ4n) is 5.95. The summed E-state index contributed by atoms with van der Waals surface area (Å²) in [6, 6.07) is 23.5. The number of aromatic nitrogens is 1. The summed E-state index contributed by atoms with van der Waals surface area (Å²) in [6.45, 7) is 3.57. The highest BCUT2D eigenvalue weighted by Gasteiger charge is 2.48. The molecule has 0 radical (unpaired) electrons. The van der Waals surface area contributed by atoms with Gasteiger partial charge in [-0.1, -0.05) is 72.3 Å². The predicted molar refractivity (Wildman–Crippen MR) is 139 cm³/mol. The first-order chi connectivity index (χ1) is 18.0. The number of fused-ring (bicyclic) bond motifs is 3. The lowest BCUT2D eigenvalue weighted by Crippen LogP contribution is -3.00. The molecular weight excluding hydrogens is 571 g/mol. The van der Waals surface area contributed by atoms with Crippen molar-refractivity contribution < 1.29 is 40.1 Å². The van der Waals surface area contributed by atoms with Gasteiger partial charge in [-0.3, -0.25) is 0 Å². The van der Waals surface area contributed by atoms with E-state index in [9.17, 15) is 9.50 Å². The molecule has 38 heavy (non-hydrogen) atoms. The average molecular weight is 600 g/mol. The zero-order valence-corrected chi connectivity index (χ0v) is 23.1. The fraction of sp³-hybridized carbons (Fsp3) is 0.300. The highest BCUT2D eigenvalue weighted by Crippen LogP contribution is 2.40. The number of rotatable bonds is 7. The zero-order valence-electron chi connectivity index (χ0n) is 20.8. The molecule has 0 saturated carbocycles. The molecule has 198 valence electrons. The number of ether oxygens (including phenoxy) is 1. The monoisotopic (exact) mass is 598 g/mol. The van der Waals surface area contributed by atoms with Crippen molar-refractivity contribution in [3.63, 3.8) is 0 Å². The van der Waals surface area contributed by atoms with Crippen molar-refractivity contribution in [2.24, 2.45) is 5.92 Å². The van der Waals surface area contributed by atoms with Crippen molar-refractivity contribution in [1.29, 1.82) is 0 Å². The maximum absolute atomic E-state index is 13.6. The zero-order chi connectivity index (χ0) is 25.5. The first kappa shape index (κ1) is 26.9. The van der Waals surface area contributed by atoms with Crippen LogP contribution < -0.4 is 21.7 Å². The first-order valence-corrected chi connectivity index (χ1v) is 13.1. The second-order valence-corrected chi connectivity index (χ2v) is 10.7. The second-order valence-electron chi connectivity index (χ2n) is 10.3. The maximum Gasteiger partial charge on any atom is 0.236 e. The number of hydrogen-bond donors (Lipinski definition) is 1. The van der Waals surface area contributed by atoms with E-state index in [1.54, 1.807) is 18.3 Å². The van der Waals surface area contributed by atoms with Crippen molar-refractivity contribution in [3.8, 4) is 5.75 Å². The van der Waals surface area contributed by atoms with E-state index < -0.39 is 11.4 Å². The number of aliphatic hydroxyl groups is 1. The Balaban J connectivity index is 0.00000294. The molecular formula is C30H29BrClFN2O3. The first-order valence-electron chi connectivity index (χ1n) is 12.7. The van der Waals surface area contributed by atoms with E-state index in [-0.39, 0.29) is 34.0 Å². The van der Waals surface area contributed by atoms with E-state index >= 15 is 0 Å². The highest BCUT2D eigenvalue weighted by atomic mass is 79.9. The summed E-state index contributed by atoms with van der Waals surface area (Å²) in [5, 5.41) is 12.1. The van der Waals surface area contributed by atoms with Gasteiger partial charge in [-0.2, -0.15) is 0 Å². The summed E-state index contributed by atoms with van der Waals surface area (Å²) in [4.78, 5) is 4.58. The topological polar surface area (TPSA) is 55.5 Å². The lowest BCUT2D eigenvalue weighted by atomic mass is 9.83. The molecule has 7 rings (SSSR count). The molecule has 0 unspecified atom stereocenters. The van der Waals surface area contributed by atoms with E-state index in [1.165, 1.54) is 6.07 Å². The van der Waals surface area contributed by atoms with Gasteiger partial charge in [0.15, 0.2) is 17.5 Å². The molecule has 4 aromatic rings. The molecule has 3 aliphatic heterocycles. The molecule has 3 aliphatic rings. The Kier molecular flexibility index (Phi) is 7.65. The molecule has 8 heteroatoms. The van der Waals surface area contributed by atoms with Crippen LogP contribution >= 0.6 is 11.6 Å². The van der Waals surface area contributed by atoms with Crippen LogP contribution in [0.15, 0.2) is 89.5 Å². The molecule has 0 aliphatic carbocycles. The summed E-state index contributed by atoms with van der Waals surface area (Å²) in [7, 11) is 0. The van der Waals surface area contributed by atoms with Crippen LogP contribution in [0.5, 0.6) is 5.75 Å². The highest BCUT2D eigenvalue weighted by molar-refractivity contribution is 6.30. The molecule has 3 aromatic carbocycles. The van der Waals surface area contributed by atoms with Crippen LogP contribution in [-0.4, -0.2) is 40.3 Å². The van der Waals surface area contributed by atoms with Crippen molar-refractivity contribution in [1.82, 2.24) is 4.98 Å². The summed E-state index contributed by atoms with van der Waals surface area (Å²) >= 11 is 5.97. The number of oxazole rings is 1. The Labute approximate surface area is 237 Å². The Morgan fingerprint density at radius 2 is 1.63 bits per heavy atom.